The van der Waals surface area contributed by atoms with Crippen LogP contribution in [0.1, 0.15) is 37.3 Å². The van der Waals surface area contributed by atoms with Crippen molar-refractivity contribution in [3.63, 3.8) is 0 Å². The minimum absolute atomic E-state index is 0.397. The molecule has 100 valence electrons. The van der Waals surface area contributed by atoms with Crippen molar-refractivity contribution >= 4 is 0 Å². The summed E-state index contributed by atoms with van der Waals surface area (Å²) in [7, 11) is 0. The van der Waals surface area contributed by atoms with Crippen LogP contribution in [0, 0.1) is 12.8 Å². The fourth-order valence-electron chi connectivity index (χ4n) is 2.91. The molecule has 0 bridgehead atoms. The lowest BCUT2D eigenvalue weighted by atomic mass is 9.98. The maximum absolute atomic E-state index is 6.05. The third-order valence-corrected chi connectivity index (χ3v) is 4.02. The molecule has 1 aromatic rings. The van der Waals surface area contributed by atoms with E-state index >= 15 is 0 Å². The predicted molar refractivity (Wildman–Crippen MR) is 77.4 cm³/mol. The zero-order valence-corrected chi connectivity index (χ0v) is 11.7. The normalized spacial score (nSPS) is 22.3. The van der Waals surface area contributed by atoms with Crippen LogP contribution in [-0.2, 0) is 6.54 Å². The quantitative estimate of drug-likeness (QED) is 0.865. The molecule has 1 aliphatic heterocycles. The van der Waals surface area contributed by atoms with Crippen LogP contribution in [0.3, 0.4) is 0 Å². The first-order chi connectivity index (χ1) is 8.67. The van der Waals surface area contributed by atoms with Gasteiger partial charge in [0.15, 0.2) is 0 Å². The zero-order valence-electron chi connectivity index (χ0n) is 11.7. The third-order valence-electron chi connectivity index (χ3n) is 4.02. The Morgan fingerprint density at radius 2 is 2.28 bits per heavy atom. The number of benzene rings is 1. The first-order valence-electron chi connectivity index (χ1n) is 7.21. The van der Waals surface area contributed by atoms with E-state index in [0.29, 0.717) is 6.04 Å². The lowest BCUT2D eigenvalue weighted by Crippen LogP contribution is -2.25. The smallest absolute Gasteiger partial charge is 0.0233 e. The topological polar surface area (TPSA) is 29.3 Å². The van der Waals surface area contributed by atoms with Crippen LogP contribution in [0.25, 0.3) is 0 Å². The molecule has 2 heteroatoms. The van der Waals surface area contributed by atoms with Crippen molar-refractivity contribution < 1.29 is 0 Å². The first-order valence-corrected chi connectivity index (χ1v) is 7.21. The zero-order chi connectivity index (χ0) is 13.0. The highest BCUT2D eigenvalue weighted by molar-refractivity contribution is 5.22. The molecule has 2 N–H and O–H groups in total. The largest absolute Gasteiger partial charge is 0.328 e. The predicted octanol–water partition coefficient (Wildman–Crippen LogP) is 2.94. The van der Waals surface area contributed by atoms with Gasteiger partial charge < -0.3 is 5.73 Å². The van der Waals surface area contributed by atoms with Gasteiger partial charge in [0.1, 0.15) is 0 Å². The van der Waals surface area contributed by atoms with Gasteiger partial charge in [0.25, 0.3) is 0 Å². The summed E-state index contributed by atoms with van der Waals surface area (Å²) in [5, 5.41) is 0. The van der Waals surface area contributed by atoms with Gasteiger partial charge in [-0.1, -0.05) is 36.8 Å². The van der Waals surface area contributed by atoms with Crippen LogP contribution in [0.5, 0.6) is 0 Å². The summed E-state index contributed by atoms with van der Waals surface area (Å²) < 4.78 is 0. The number of rotatable bonds is 5. The molecule has 1 aromatic carbocycles. The standard InChI is InChI=1S/C16H26N2/c1-3-16(17)10-15-7-8-18(12-15)11-14-6-4-5-13(2)9-14/h4-6,9,15-16H,3,7-8,10-12,17H2,1-2H3. The van der Waals surface area contributed by atoms with E-state index < -0.39 is 0 Å². The van der Waals surface area contributed by atoms with Gasteiger partial charge in [-0.2, -0.15) is 0 Å². The Balaban J connectivity index is 1.82. The second kappa shape index (κ2) is 6.35. The van der Waals surface area contributed by atoms with E-state index in [1.807, 2.05) is 0 Å². The molecule has 1 fully saturated rings. The Kier molecular flexibility index (Phi) is 4.79. The first kappa shape index (κ1) is 13.6. The summed E-state index contributed by atoms with van der Waals surface area (Å²) in [5.41, 5.74) is 8.85. The van der Waals surface area contributed by atoms with Crippen molar-refractivity contribution in [1.29, 1.82) is 0 Å². The van der Waals surface area contributed by atoms with Crippen molar-refractivity contribution in [1.82, 2.24) is 4.90 Å². The molecule has 0 radical (unpaired) electrons. The summed E-state index contributed by atoms with van der Waals surface area (Å²) in [5.74, 6) is 0.810. The number of likely N-dealkylation sites (tertiary alicyclic amines) is 1. The molecule has 1 heterocycles. The number of hydrogen-bond acceptors (Lipinski definition) is 2. The molecule has 0 spiro atoms. The molecule has 2 nitrogen and oxygen atoms in total. The number of nitrogens with zero attached hydrogens (tertiary/aromatic N) is 1. The molecule has 2 rings (SSSR count). The average molecular weight is 246 g/mol. The molecular formula is C16H26N2. The van der Waals surface area contributed by atoms with Crippen LogP contribution in [-0.4, -0.2) is 24.0 Å². The molecule has 0 aliphatic carbocycles. The van der Waals surface area contributed by atoms with Gasteiger partial charge in [-0.3, -0.25) is 4.90 Å². The van der Waals surface area contributed by atoms with Crippen molar-refractivity contribution in [2.24, 2.45) is 11.7 Å². The van der Waals surface area contributed by atoms with E-state index in [1.165, 1.54) is 37.1 Å². The van der Waals surface area contributed by atoms with Gasteiger partial charge in [0.05, 0.1) is 0 Å². The lowest BCUT2D eigenvalue weighted by molar-refractivity contribution is 0.308. The summed E-state index contributed by atoms with van der Waals surface area (Å²) in [6, 6.07) is 9.25. The Morgan fingerprint density at radius 3 is 3.00 bits per heavy atom. The van der Waals surface area contributed by atoms with Crippen molar-refractivity contribution in [2.75, 3.05) is 13.1 Å². The molecule has 1 aliphatic rings. The minimum Gasteiger partial charge on any atom is -0.328 e. The Bertz CT molecular complexity index is 375. The molecule has 0 saturated carbocycles. The van der Waals surface area contributed by atoms with Gasteiger partial charge in [-0.05, 0) is 44.2 Å². The van der Waals surface area contributed by atoms with E-state index in [0.717, 1.165) is 18.9 Å². The maximum atomic E-state index is 6.05. The Morgan fingerprint density at radius 1 is 1.44 bits per heavy atom. The van der Waals surface area contributed by atoms with Gasteiger partial charge in [0.2, 0.25) is 0 Å². The molecule has 2 atom stereocenters. The summed E-state index contributed by atoms with van der Waals surface area (Å²) >= 11 is 0. The van der Waals surface area contributed by atoms with Gasteiger partial charge in [0, 0.05) is 19.1 Å². The monoisotopic (exact) mass is 246 g/mol. The van der Waals surface area contributed by atoms with Crippen molar-refractivity contribution in [3.05, 3.63) is 35.4 Å². The molecule has 0 aromatic heterocycles. The highest BCUT2D eigenvalue weighted by Gasteiger charge is 2.23. The van der Waals surface area contributed by atoms with E-state index in [2.05, 4.69) is 43.0 Å². The van der Waals surface area contributed by atoms with Gasteiger partial charge in [-0.25, -0.2) is 0 Å². The van der Waals surface area contributed by atoms with E-state index in [4.69, 9.17) is 5.73 Å². The molecule has 0 amide bonds. The summed E-state index contributed by atoms with van der Waals surface area (Å²) in [6.45, 7) is 7.90. The lowest BCUT2D eigenvalue weighted by Gasteiger charge is -2.18. The molecule has 2 unspecified atom stereocenters. The van der Waals surface area contributed by atoms with Crippen molar-refractivity contribution in [3.8, 4) is 0 Å². The summed E-state index contributed by atoms with van der Waals surface area (Å²) in [6.07, 6.45) is 3.62. The number of nitrogens with two attached hydrogens (primary N) is 1. The van der Waals surface area contributed by atoms with E-state index in [1.54, 1.807) is 0 Å². The maximum Gasteiger partial charge on any atom is 0.0233 e. The van der Waals surface area contributed by atoms with E-state index in [9.17, 15) is 0 Å². The van der Waals surface area contributed by atoms with Gasteiger partial charge in [-0.15, -0.1) is 0 Å². The van der Waals surface area contributed by atoms with Crippen LogP contribution in [0.2, 0.25) is 0 Å². The Labute approximate surface area is 111 Å². The highest BCUT2D eigenvalue weighted by Crippen LogP contribution is 2.23. The average Bonchev–Trinajstić information content (AvgIpc) is 2.76. The molecule has 18 heavy (non-hydrogen) atoms. The van der Waals surface area contributed by atoms with E-state index in [-0.39, 0.29) is 0 Å². The fourth-order valence-corrected chi connectivity index (χ4v) is 2.91. The van der Waals surface area contributed by atoms with Crippen LogP contribution < -0.4 is 5.73 Å². The molecular weight excluding hydrogens is 220 g/mol. The van der Waals surface area contributed by atoms with Crippen LogP contribution in [0.15, 0.2) is 24.3 Å². The minimum atomic E-state index is 0.397. The Hall–Kier alpha value is -0.860. The third kappa shape index (κ3) is 3.82. The molecule has 1 saturated heterocycles. The number of aryl methyl sites for hydroxylation is 1. The summed E-state index contributed by atoms with van der Waals surface area (Å²) in [4.78, 5) is 2.57. The SMILES string of the molecule is CCC(N)CC1CCN(Cc2cccc(C)c2)C1. The highest BCUT2D eigenvalue weighted by atomic mass is 15.1. The fraction of sp³-hybridized carbons (Fsp3) is 0.625. The van der Waals surface area contributed by atoms with Gasteiger partial charge >= 0.3 is 0 Å². The van der Waals surface area contributed by atoms with Crippen LogP contribution >= 0.6 is 0 Å². The van der Waals surface area contributed by atoms with Crippen LogP contribution in [0.4, 0.5) is 0 Å². The second-order valence-electron chi connectivity index (χ2n) is 5.78. The number of hydrogen-bond donors (Lipinski definition) is 1. The van der Waals surface area contributed by atoms with Crippen molar-refractivity contribution in [2.45, 2.75) is 45.7 Å². The second-order valence-corrected chi connectivity index (χ2v) is 5.78.